The fourth-order valence-electron chi connectivity index (χ4n) is 3.92. The van der Waals surface area contributed by atoms with Crippen molar-refractivity contribution in [3.63, 3.8) is 0 Å². The van der Waals surface area contributed by atoms with Crippen molar-refractivity contribution in [2.24, 2.45) is 0 Å². The largest absolute Gasteiger partial charge is 0.484 e. The Labute approximate surface area is 209 Å². The van der Waals surface area contributed by atoms with E-state index in [4.69, 9.17) is 4.74 Å². The fourth-order valence-corrected chi connectivity index (χ4v) is 3.92. The number of rotatable bonds is 11. The van der Waals surface area contributed by atoms with Gasteiger partial charge in [-0.3, -0.25) is 9.59 Å². The van der Waals surface area contributed by atoms with Gasteiger partial charge in [-0.2, -0.15) is 0 Å². The van der Waals surface area contributed by atoms with Crippen LogP contribution < -0.4 is 10.1 Å². The first-order chi connectivity index (χ1) is 16.9. The van der Waals surface area contributed by atoms with Crippen molar-refractivity contribution in [3.05, 3.63) is 101 Å². The van der Waals surface area contributed by atoms with Crippen LogP contribution in [0, 0.1) is 20.8 Å². The van der Waals surface area contributed by atoms with Crippen LogP contribution >= 0.6 is 0 Å². The molecular formula is C30H36N2O3. The molecule has 184 valence electrons. The van der Waals surface area contributed by atoms with E-state index in [2.05, 4.69) is 5.32 Å². The Balaban J connectivity index is 1.90. The Bertz CT molecular complexity index is 1130. The molecular weight excluding hydrogens is 436 g/mol. The molecule has 3 rings (SSSR count). The van der Waals surface area contributed by atoms with Gasteiger partial charge in [0.2, 0.25) is 5.91 Å². The SMILES string of the molecule is CCCNC(=O)[C@H](Cc1ccccc1)N(Cc1ccccc1C)C(=O)COc1ccc(C)c(C)c1. The molecule has 2 amide bonds. The third kappa shape index (κ3) is 7.44. The molecule has 5 nitrogen and oxygen atoms in total. The van der Waals surface area contributed by atoms with Crippen LogP contribution in [-0.2, 0) is 22.6 Å². The van der Waals surface area contributed by atoms with E-state index >= 15 is 0 Å². The molecule has 3 aromatic carbocycles. The maximum atomic E-state index is 13.6. The minimum absolute atomic E-state index is 0.138. The second kappa shape index (κ2) is 12.7. The van der Waals surface area contributed by atoms with Crippen LogP contribution in [0.25, 0.3) is 0 Å². The number of hydrogen-bond acceptors (Lipinski definition) is 3. The highest BCUT2D eigenvalue weighted by atomic mass is 16.5. The summed E-state index contributed by atoms with van der Waals surface area (Å²) in [5.41, 5.74) is 5.36. The minimum atomic E-state index is -0.653. The van der Waals surface area contributed by atoms with Crippen molar-refractivity contribution in [2.75, 3.05) is 13.2 Å². The molecule has 0 saturated heterocycles. The van der Waals surface area contributed by atoms with Gasteiger partial charge in [-0.15, -0.1) is 0 Å². The number of hydrogen-bond donors (Lipinski definition) is 1. The second-order valence-corrected chi connectivity index (χ2v) is 8.98. The quantitative estimate of drug-likeness (QED) is 0.420. The molecule has 3 aromatic rings. The van der Waals surface area contributed by atoms with E-state index in [0.717, 1.165) is 28.7 Å². The van der Waals surface area contributed by atoms with Crippen LogP contribution in [0.1, 0.15) is 41.2 Å². The van der Waals surface area contributed by atoms with E-state index in [0.29, 0.717) is 25.3 Å². The summed E-state index contributed by atoms with van der Waals surface area (Å²) in [5, 5.41) is 3.00. The molecule has 0 radical (unpaired) electrons. The first kappa shape index (κ1) is 26.0. The van der Waals surface area contributed by atoms with Gasteiger partial charge in [0.25, 0.3) is 5.91 Å². The molecule has 1 N–H and O–H groups in total. The average molecular weight is 473 g/mol. The van der Waals surface area contributed by atoms with Gasteiger partial charge in [-0.05, 0) is 67.1 Å². The molecule has 0 heterocycles. The summed E-state index contributed by atoms with van der Waals surface area (Å²) in [5.74, 6) is 0.273. The van der Waals surface area contributed by atoms with E-state index in [1.807, 2.05) is 100 Å². The predicted molar refractivity (Wildman–Crippen MR) is 140 cm³/mol. The topological polar surface area (TPSA) is 58.6 Å². The van der Waals surface area contributed by atoms with Gasteiger partial charge >= 0.3 is 0 Å². The lowest BCUT2D eigenvalue weighted by Crippen LogP contribution is -2.51. The molecule has 1 atom stereocenters. The normalized spacial score (nSPS) is 11.5. The molecule has 0 aliphatic rings. The lowest BCUT2D eigenvalue weighted by molar-refractivity contribution is -0.142. The van der Waals surface area contributed by atoms with Gasteiger partial charge in [0.1, 0.15) is 11.8 Å². The molecule has 0 aliphatic heterocycles. The highest BCUT2D eigenvalue weighted by molar-refractivity contribution is 5.88. The summed E-state index contributed by atoms with van der Waals surface area (Å²) in [6.45, 7) is 8.85. The maximum Gasteiger partial charge on any atom is 0.261 e. The van der Waals surface area contributed by atoms with Gasteiger partial charge in [0, 0.05) is 19.5 Å². The lowest BCUT2D eigenvalue weighted by Gasteiger charge is -2.32. The molecule has 0 unspecified atom stereocenters. The summed E-state index contributed by atoms with van der Waals surface area (Å²) >= 11 is 0. The highest BCUT2D eigenvalue weighted by Gasteiger charge is 2.30. The van der Waals surface area contributed by atoms with E-state index in [1.165, 1.54) is 5.56 Å². The summed E-state index contributed by atoms with van der Waals surface area (Å²) in [7, 11) is 0. The summed E-state index contributed by atoms with van der Waals surface area (Å²) in [6, 6.07) is 22.9. The monoisotopic (exact) mass is 472 g/mol. The summed E-state index contributed by atoms with van der Waals surface area (Å²) < 4.78 is 5.89. The molecule has 0 bridgehead atoms. The molecule has 0 aliphatic carbocycles. The summed E-state index contributed by atoms with van der Waals surface area (Å²) in [6.07, 6.45) is 1.25. The maximum absolute atomic E-state index is 13.6. The molecule has 0 fully saturated rings. The van der Waals surface area contributed by atoms with Gasteiger partial charge in [-0.25, -0.2) is 0 Å². The number of nitrogens with one attached hydrogen (secondary N) is 1. The zero-order valence-corrected chi connectivity index (χ0v) is 21.2. The third-order valence-corrected chi connectivity index (χ3v) is 6.26. The molecule has 35 heavy (non-hydrogen) atoms. The zero-order chi connectivity index (χ0) is 25.2. The average Bonchev–Trinajstić information content (AvgIpc) is 2.86. The van der Waals surface area contributed by atoms with Gasteiger partial charge in [-0.1, -0.05) is 67.6 Å². The first-order valence-electron chi connectivity index (χ1n) is 12.2. The van der Waals surface area contributed by atoms with Gasteiger partial charge in [0.15, 0.2) is 6.61 Å². The lowest BCUT2D eigenvalue weighted by atomic mass is 10.0. The van der Waals surface area contributed by atoms with E-state index < -0.39 is 6.04 Å². The number of ether oxygens (including phenoxy) is 1. The van der Waals surface area contributed by atoms with Gasteiger partial charge in [0.05, 0.1) is 0 Å². The minimum Gasteiger partial charge on any atom is -0.484 e. The van der Waals surface area contributed by atoms with Crippen molar-refractivity contribution >= 4 is 11.8 Å². The number of carbonyl (C=O) groups is 2. The zero-order valence-electron chi connectivity index (χ0n) is 21.2. The fraction of sp³-hybridized carbons (Fsp3) is 0.333. The Morgan fingerprint density at radius 3 is 2.29 bits per heavy atom. The Kier molecular flexibility index (Phi) is 9.47. The number of amides is 2. The van der Waals surface area contributed by atoms with Crippen LogP contribution in [0.2, 0.25) is 0 Å². The molecule has 0 saturated carbocycles. The Morgan fingerprint density at radius 2 is 1.60 bits per heavy atom. The standard InChI is InChI=1S/C30H36N2O3/c1-5-17-31-30(34)28(19-25-12-7-6-8-13-25)32(20-26-14-10-9-11-23(26)3)29(33)21-35-27-16-15-22(2)24(4)18-27/h6-16,18,28H,5,17,19-21H2,1-4H3,(H,31,34)/t28-/m0/s1. The third-order valence-electron chi connectivity index (χ3n) is 6.26. The molecule has 0 aromatic heterocycles. The smallest absolute Gasteiger partial charge is 0.261 e. The Morgan fingerprint density at radius 1 is 0.886 bits per heavy atom. The van der Waals surface area contributed by atoms with Crippen molar-refractivity contribution in [2.45, 2.75) is 53.1 Å². The second-order valence-electron chi connectivity index (χ2n) is 8.98. The van der Waals surface area contributed by atoms with Crippen LogP contribution in [0.3, 0.4) is 0 Å². The van der Waals surface area contributed by atoms with E-state index in [-0.39, 0.29) is 18.4 Å². The first-order valence-corrected chi connectivity index (χ1v) is 12.2. The predicted octanol–water partition coefficient (Wildman–Crippen LogP) is 5.16. The van der Waals surface area contributed by atoms with Gasteiger partial charge < -0.3 is 15.0 Å². The number of aryl methyl sites for hydroxylation is 3. The molecule has 5 heteroatoms. The highest BCUT2D eigenvalue weighted by Crippen LogP contribution is 2.19. The van der Waals surface area contributed by atoms with Crippen LogP contribution in [0.15, 0.2) is 72.8 Å². The number of benzene rings is 3. The summed E-state index contributed by atoms with van der Waals surface area (Å²) in [4.78, 5) is 28.6. The van der Waals surface area contributed by atoms with Crippen LogP contribution in [0.5, 0.6) is 5.75 Å². The van der Waals surface area contributed by atoms with Crippen molar-refractivity contribution in [1.29, 1.82) is 0 Å². The Hall–Kier alpha value is -3.60. The van der Waals surface area contributed by atoms with Crippen molar-refractivity contribution in [3.8, 4) is 5.75 Å². The van der Waals surface area contributed by atoms with Crippen LogP contribution in [0.4, 0.5) is 0 Å². The molecule has 0 spiro atoms. The van der Waals surface area contributed by atoms with E-state index in [9.17, 15) is 9.59 Å². The van der Waals surface area contributed by atoms with Crippen LogP contribution in [-0.4, -0.2) is 35.9 Å². The van der Waals surface area contributed by atoms with Crippen molar-refractivity contribution < 1.29 is 14.3 Å². The number of nitrogens with zero attached hydrogens (tertiary/aromatic N) is 1. The van der Waals surface area contributed by atoms with E-state index in [1.54, 1.807) is 4.90 Å². The number of carbonyl (C=O) groups excluding carboxylic acids is 2. The van der Waals surface area contributed by atoms with Crippen molar-refractivity contribution in [1.82, 2.24) is 10.2 Å².